The van der Waals surface area contributed by atoms with Gasteiger partial charge in [-0.25, -0.2) is 4.79 Å². The maximum atomic E-state index is 14.5. The Hall–Kier alpha value is -13.1. The summed E-state index contributed by atoms with van der Waals surface area (Å²) in [5.74, 6) is -21.4. The molecule has 128 heavy (non-hydrogen) atoms. The number of amides is 14. The minimum atomic E-state index is -1.91. The van der Waals surface area contributed by atoms with Crippen molar-refractivity contribution in [3.63, 3.8) is 0 Å². The smallest absolute Gasteiger partial charge is 0.326 e. The fourth-order valence-electron chi connectivity index (χ4n) is 12.3. The summed E-state index contributed by atoms with van der Waals surface area (Å²) in [4.78, 5) is 232. The van der Waals surface area contributed by atoms with Gasteiger partial charge in [-0.2, -0.15) is 0 Å². The predicted octanol–water partition coefficient (Wildman–Crippen LogP) is -9.46. The van der Waals surface area contributed by atoms with E-state index in [9.17, 15) is 102 Å². The Balaban J connectivity index is 3.57. The molecule has 0 radical (unpaired) electrons. The zero-order valence-electron chi connectivity index (χ0n) is 73.1. The van der Waals surface area contributed by atoms with Gasteiger partial charge in [0.2, 0.25) is 82.7 Å². The van der Waals surface area contributed by atoms with Gasteiger partial charge in [0.25, 0.3) is 0 Å². The quantitative estimate of drug-likeness (QED) is 0.0164. The van der Waals surface area contributed by atoms with Gasteiger partial charge in [-0.05, 0) is 159 Å². The highest BCUT2D eigenvalue weighted by atomic mass is 16.4. The molecule has 0 saturated carbocycles. The maximum absolute atomic E-state index is 14.5. The van der Waals surface area contributed by atoms with Crippen LogP contribution in [-0.4, -0.2) is 287 Å². The second kappa shape index (κ2) is 61.3. The van der Waals surface area contributed by atoms with Crippen LogP contribution in [-0.2, 0) is 87.9 Å². The van der Waals surface area contributed by atoms with Crippen molar-refractivity contribution in [2.75, 3.05) is 52.4 Å². The van der Waals surface area contributed by atoms with E-state index in [2.05, 4.69) is 95.7 Å². The van der Waals surface area contributed by atoms with Crippen LogP contribution < -0.4 is 136 Å². The zero-order chi connectivity index (χ0) is 96.9. The van der Waals surface area contributed by atoms with Gasteiger partial charge in [-0.3, -0.25) is 98.3 Å². The van der Waals surface area contributed by atoms with Crippen molar-refractivity contribution in [1.82, 2.24) is 95.7 Å². The van der Waals surface area contributed by atoms with Crippen LogP contribution in [0.15, 0.2) is 24.3 Å². The molecule has 14 amide bonds. The molecule has 0 spiro atoms. The summed E-state index contributed by atoms with van der Waals surface area (Å²) in [5.41, 5.74) is 39.5. The number of carbonyl (C=O) groups is 17. The van der Waals surface area contributed by atoms with E-state index in [0.717, 1.165) is 6.92 Å². The number of unbranched alkanes of at least 4 members (excludes halogenated alkanes) is 2. The third kappa shape index (κ3) is 47.9. The highest BCUT2D eigenvalue weighted by Gasteiger charge is 2.38. The SMILES string of the molecule is CC[C@H](C)[C@H](NC(=O)[C@H](CCCNC(=N)N)NC(=O)[C@H](CC(=O)O)NC(=O)[C@H](CC(C)C)NC(=O)[C@@H](N)CCC(=O)O)C(=O)NCC(=O)N[C@@H](Cc1ccc(O)cc1)C(=O)NCC(=O)N[C@H](C(=O)N[C@@H](C)C(=O)N[C@@H](CCCNC(=N)N)C(=O)N[C@@H](CCCNC(=N)N)C(=O)N[C@H](CCCCN)C(=O)N[C@H](CCCCN)C(=O)N[C@@H](CCCNC(=N)N)C(=O)O)[C@@H](C)O. The Labute approximate surface area is 740 Å². The number of carbonyl (C=O) groups excluding carboxylic acids is 14. The first-order valence-electron chi connectivity index (χ1n) is 42.0. The van der Waals surface area contributed by atoms with E-state index in [1.807, 2.05) is 0 Å². The lowest BCUT2D eigenvalue weighted by atomic mass is 9.97. The Morgan fingerprint density at radius 3 is 1.13 bits per heavy atom. The molecule has 0 aliphatic rings. The fourth-order valence-corrected chi connectivity index (χ4v) is 12.3. The Kier molecular flexibility index (Phi) is 54.1. The van der Waals surface area contributed by atoms with Crippen LogP contribution in [0.1, 0.15) is 169 Å². The molecule has 51 nitrogen and oxygen atoms in total. The number of phenolic OH excluding ortho intramolecular Hbond substituents is 1. The van der Waals surface area contributed by atoms with Gasteiger partial charge in [0.15, 0.2) is 23.8 Å². The number of phenols is 1. The Bertz CT molecular complexity index is 3880. The lowest BCUT2D eigenvalue weighted by Gasteiger charge is -2.28. The normalized spacial score (nSPS) is 14.5. The number of guanidine groups is 4. The van der Waals surface area contributed by atoms with Crippen LogP contribution in [0.3, 0.4) is 0 Å². The van der Waals surface area contributed by atoms with E-state index in [-0.39, 0.29) is 153 Å². The minimum Gasteiger partial charge on any atom is -0.508 e. The van der Waals surface area contributed by atoms with E-state index in [1.165, 1.54) is 31.2 Å². The number of aromatic hydroxyl groups is 1. The third-order valence-electron chi connectivity index (χ3n) is 19.5. The molecule has 0 aliphatic heterocycles. The third-order valence-corrected chi connectivity index (χ3v) is 19.5. The number of hydrogen-bond acceptors (Lipinski definition) is 26. The lowest BCUT2D eigenvalue weighted by Crippen LogP contribution is -2.60. The molecule has 0 fully saturated rings. The molecule has 720 valence electrons. The van der Waals surface area contributed by atoms with E-state index in [4.69, 9.17) is 66.9 Å². The average molecular weight is 1820 g/mol. The maximum Gasteiger partial charge on any atom is 0.326 e. The molecule has 41 N–H and O–H groups in total. The topological polar surface area (TPSA) is 885 Å². The van der Waals surface area contributed by atoms with Gasteiger partial charge in [0, 0.05) is 39.0 Å². The van der Waals surface area contributed by atoms with Gasteiger partial charge < -0.3 is 161 Å². The second-order valence-electron chi connectivity index (χ2n) is 30.9. The van der Waals surface area contributed by atoms with Crippen molar-refractivity contribution in [2.45, 2.75) is 255 Å². The van der Waals surface area contributed by atoms with Crippen molar-refractivity contribution in [2.24, 2.45) is 52.0 Å². The average Bonchev–Trinajstić information content (AvgIpc) is 0.844. The summed E-state index contributed by atoms with van der Waals surface area (Å²) >= 11 is 0. The number of benzene rings is 1. The van der Waals surface area contributed by atoms with E-state index >= 15 is 0 Å². The van der Waals surface area contributed by atoms with E-state index < -0.39 is 235 Å². The number of aliphatic hydroxyl groups is 1. The highest BCUT2D eigenvalue weighted by Crippen LogP contribution is 2.16. The lowest BCUT2D eigenvalue weighted by molar-refractivity contribution is -0.142. The number of aliphatic carboxylic acids is 3. The van der Waals surface area contributed by atoms with Crippen molar-refractivity contribution in [1.29, 1.82) is 21.6 Å². The summed E-state index contributed by atoms with van der Waals surface area (Å²) in [5, 5.41) is 124. The number of nitrogens with one attached hydrogen (secondary N) is 22. The first-order chi connectivity index (χ1) is 60.2. The van der Waals surface area contributed by atoms with Crippen LogP contribution in [0.25, 0.3) is 0 Å². The van der Waals surface area contributed by atoms with Gasteiger partial charge in [0.1, 0.15) is 78.3 Å². The van der Waals surface area contributed by atoms with Crippen LogP contribution >= 0.6 is 0 Å². The molecule has 1 aromatic rings. The van der Waals surface area contributed by atoms with Crippen LogP contribution in [0.2, 0.25) is 0 Å². The van der Waals surface area contributed by atoms with Crippen molar-refractivity contribution >= 4 is 124 Å². The van der Waals surface area contributed by atoms with Gasteiger partial charge in [0.05, 0.1) is 31.7 Å². The first-order valence-corrected chi connectivity index (χ1v) is 42.0. The van der Waals surface area contributed by atoms with Crippen LogP contribution in [0.5, 0.6) is 5.75 Å². The molecule has 0 aliphatic carbocycles. The number of nitrogens with two attached hydrogens (primary N) is 7. The minimum absolute atomic E-state index is 0.000471. The van der Waals surface area contributed by atoms with Crippen molar-refractivity contribution in [3.8, 4) is 5.75 Å². The molecular formula is C77H135N29O22. The molecule has 0 bridgehead atoms. The summed E-state index contributed by atoms with van der Waals surface area (Å²) in [6.07, 6.45) is -3.09. The predicted molar refractivity (Wildman–Crippen MR) is 464 cm³/mol. The largest absolute Gasteiger partial charge is 0.508 e. The number of rotatable bonds is 65. The van der Waals surface area contributed by atoms with Gasteiger partial charge in [-0.1, -0.05) is 46.2 Å². The molecule has 0 heterocycles. The van der Waals surface area contributed by atoms with E-state index in [0.29, 0.717) is 24.8 Å². The molecule has 0 saturated heterocycles. The Morgan fingerprint density at radius 2 is 0.742 bits per heavy atom. The van der Waals surface area contributed by atoms with Crippen molar-refractivity contribution < 1.29 is 107 Å². The summed E-state index contributed by atoms with van der Waals surface area (Å²) in [7, 11) is 0. The second-order valence-corrected chi connectivity index (χ2v) is 30.9. The number of aliphatic hydroxyl groups excluding tert-OH is 1. The summed E-state index contributed by atoms with van der Waals surface area (Å²) in [6.45, 7) is 7.43. The molecule has 1 rings (SSSR count). The molecule has 0 unspecified atom stereocenters. The number of carboxylic acid groups (broad SMARTS) is 3. The van der Waals surface area contributed by atoms with Gasteiger partial charge >= 0.3 is 17.9 Å². The zero-order valence-corrected chi connectivity index (χ0v) is 73.1. The molecule has 0 aromatic heterocycles. The van der Waals surface area contributed by atoms with Crippen LogP contribution in [0.4, 0.5) is 0 Å². The summed E-state index contributed by atoms with van der Waals surface area (Å²) < 4.78 is 0. The molecular weight excluding hydrogens is 1680 g/mol. The monoisotopic (exact) mass is 1820 g/mol. The number of hydrogen-bond donors (Lipinski definition) is 34. The highest BCUT2D eigenvalue weighted by molar-refractivity contribution is 6.00. The number of carboxylic acids is 3. The molecule has 1 aromatic carbocycles. The summed E-state index contributed by atoms with van der Waals surface area (Å²) in [6, 6.07) is -14.8. The van der Waals surface area contributed by atoms with Crippen LogP contribution in [0, 0.1) is 33.5 Å². The fraction of sp³-hybridized carbons (Fsp3) is 0.649. The van der Waals surface area contributed by atoms with E-state index in [1.54, 1.807) is 27.7 Å². The van der Waals surface area contributed by atoms with Gasteiger partial charge in [-0.15, -0.1) is 0 Å². The molecule has 51 heteroatoms. The Morgan fingerprint density at radius 1 is 0.375 bits per heavy atom. The standard InChI is InChI=1S/C77H135N29O22/c1-7-40(4)59(106-68(122)50(20-14-32-91-76(85)86)101-70(124)54(36-58(113)114)104-69(123)52(34-39(2)3)103-62(116)45(80)26-27-57(111)112)71(125)94-37-55(109)96-53(35-43-22-24-44(108)25-23-43)63(117)93-38-56(110)105-60(42(6)107)72(126)95-41(5)61(115)97-48(18-12-30-89-74(81)82)65(119)100-49(19-13-31-90-75(83)84)66(120)98-46(16-8-10-28-78)64(118)99-47(17-9-11-29-79)67(121)102-51(73(127)128)21-15-33-92-77(87)88/h22-25,39-42,45-54,59-60,107-108H,7-21,26-38,78-80H2,1-6H3,(H,93,117)(H,94,125)(H,95,126)(H,96,109)(H,97,115)(H,98,120)(H,99,118)(H,100,119)(H,101,124)(H,102,121)(H,103,116)(H,104,123)(H,105,110)(H,106,122)(H,111,112)(H,113,114)(H,127,128)(H4,81,82,89)(H4,83,84,90)(H4,85,86,91)(H4,87,88,92)/t40-,41-,42+,45-,46+,47+,48-,49-,50-,51-,52-,53-,54-,59-,60-/m0/s1. The first kappa shape index (κ1) is 113. The van der Waals surface area contributed by atoms with Crippen molar-refractivity contribution in [3.05, 3.63) is 29.8 Å². The molecule has 15 atom stereocenters.